The minimum atomic E-state index is -0.0588. The summed E-state index contributed by atoms with van der Waals surface area (Å²) in [6.45, 7) is 4.01. The molecular formula is C16H16Cl2N2O2. The number of nitrogens with one attached hydrogen (secondary N) is 1. The van der Waals surface area contributed by atoms with Crippen LogP contribution in [0.2, 0.25) is 10.0 Å². The van der Waals surface area contributed by atoms with Crippen LogP contribution in [0, 0.1) is 5.92 Å². The smallest absolute Gasteiger partial charge is 0.229 e. The van der Waals surface area contributed by atoms with Crippen LogP contribution < -0.4 is 5.32 Å². The van der Waals surface area contributed by atoms with Gasteiger partial charge >= 0.3 is 0 Å². The highest BCUT2D eigenvalue weighted by molar-refractivity contribution is 6.42. The third-order valence-electron chi connectivity index (χ3n) is 3.85. The number of aromatic nitrogens is 1. The Labute approximate surface area is 138 Å². The SMILES string of the molecule is CC(C)c1cc(NC(=O)[C@@H]2C[C@@H]2c2ccc(Cl)c(Cl)c2)no1. The number of carbonyl (C=O) groups excluding carboxylic acids is 1. The van der Waals surface area contributed by atoms with E-state index in [-0.39, 0.29) is 23.7 Å². The maximum absolute atomic E-state index is 12.2. The Morgan fingerprint density at radius 3 is 2.73 bits per heavy atom. The van der Waals surface area contributed by atoms with E-state index in [0.29, 0.717) is 15.9 Å². The molecule has 1 aliphatic rings. The van der Waals surface area contributed by atoms with Gasteiger partial charge in [0.2, 0.25) is 5.91 Å². The Hall–Kier alpha value is -1.52. The fraction of sp³-hybridized carbons (Fsp3) is 0.375. The van der Waals surface area contributed by atoms with Crippen LogP contribution in [0.3, 0.4) is 0 Å². The number of nitrogens with zero attached hydrogens (tertiary/aromatic N) is 1. The molecular weight excluding hydrogens is 323 g/mol. The summed E-state index contributed by atoms with van der Waals surface area (Å²) in [5, 5.41) is 7.71. The van der Waals surface area contributed by atoms with Gasteiger partial charge in [-0.05, 0) is 30.0 Å². The predicted molar refractivity (Wildman–Crippen MR) is 86.5 cm³/mol. The van der Waals surface area contributed by atoms with Crippen LogP contribution in [-0.4, -0.2) is 11.1 Å². The summed E-state index contributed by atoms with van der Waals surface area (Å²) in [5.41, 5.74) is 1.04. The van der Waals surface area contributed by atoms with Gasteiger partial charge in [-0.25, -0.2) is 0 Å². The van der Waals surface area contributed by atoms with Gasteiger partial charge in [-0.15, -0.1) is 0 Å². The summed E-state index contributed by atoms with van der Waals surface area (Å²) in [6, 6.07) is 7.27. The van der Waals surface area contributed by atoms with E-state index in [1.807, 2.05) is 26.0 Å². The zero-order chi connectivity index (χ0) is 15.9. The van der Waals surface area contributed by atoms with Crippen LogP contribution in [0.5, 0.6) is 0 Å². The Bertz CT molecular complexity index is 712. The average Bonchev–Trinajstić information content (AvgIpc) is 3.14. The number of carbonyl (C=O) groups is 1. The Kier molecular flexibility index (Phi) is 4.15. The van der Waals surface area contributed by atoms with Gasteiger partial charge in [-0.3, -0.25) is 4.79 Å². The largest absolute Gasteiger partial charge is 0.359 e. The van der Waals surface area contributed by atoms with Crippen molar-refractivity contribution in [2.24, 2.45) is 5.92 Å². The molecule has 116 valence electrons. The van der Waals surface area contributed by atoms with Crippen LogP contribution in [0.25, 0.3) is 0 Å². The molecule has 1 N–H and O–H groups in total. The lowest BCUT2D eigenvalue weighted by Gasteiger charge is -2.03. The molecule has 6 heteroatoms. The highest BCUT2D eigenvalue weighted by Crippen LogP contribution is 2.48. The van der Waals surface area contributed by atoms with Crippen molar-refractivity contribution >= 4 is 34.9 Å². The van der Waals surface area contributed by atoms with Gasteiger partial charge < -0.3 is 9.84 Å². The first-order valence-electron chi connectivity index (χ1n) is 7.18. The highest BCUT2D eigenvalue weighted by atomic mass is 35.5. The third kappa shape index (κ3) is 3.13. The molecule has 1 fully saturated rings. The fourth-order valence-corrected chi connectivity index (χ4v) is 2.74. The number of hydrogen-bond acceptors (Lipinski definition) is 3. The first kappa shape index (κ1) is 15.4. The lowest BCUT2D eigenvalue weighted by atomic mass is 10.1. The first-order chi connectivity index (χ1) is 10.5. The Morgan fingerprint density at radius 1 is 1.32 bits per heavy atom. The summed E-state index contributed by atoms with van der Waals surface area (Å²) < 4.78 is 5.17. The van der Waals surface area contributed by atoms with Crippen molar-refractivity contribution in [3.05, 3.63) is 45.6 Å². The number of rotatable bonds is 4. The van der Waals surface area contributed by atoms with Crippen molar-refractivity contribution in [3.63, 3.8) is 0 Å². The van der Waals surface area contributed by atoms with Crippen LogP contribution in [0.4, 0.5) is 5.82 Å². The van der Waals surface area contributed by atoms with E-state index in [9.17, 15) is 4.79 Å². The van der Waals surface area contributed by atoms with Crippen molar-refractivity contribution in [2.45, 2.75) is 32.1 Å². The van der Waals surface area contributed by atoms with Crippen LogP contribution >= 0.6 is 23.2 Å². The number of benzene rings is 1. The normalized spacial score (nSPS) is 20.2. The average molecular weight is 339 g/mol. The van der Waals surface area contributed by atoms with Crippen molar-refractivity contribution < 1.29 is 9.32 Å². The minimum absolute atomic E-state index is 0.0420. The van der Waals surface area contributed by atoms with Gasteiger partial charge in [0.15, 0.2) is 5.82 Å². The predicted octanol–water partition coefficient (Wildman–Crippen LogP) is 4.85. The first-order valence-corrected chi connectivity index (χ1v) is 7.93. The molecule has 1 aromatic heterocycles. The zero-order valence-electron chi connectivity index (χ0n) is 12.3. The van der Waals surface area contributed by atoms with Gasteiger partial charge in [0.05, 0.1) is 10.0 Å². The molecule has 0 radical (unpaired) electrons. The van der Waals surface area contributed by atoms with Gasteiger partial charge in [0, 0.05) is 17.9 Å². The molecule has 1 heterocycles. The van der Waals surface area contributed by atoms with Crippen LogP contribution in [0.1, 0.15) is 43.4 Å². The summed E-state index contributed by atoms with van der Waals surface area (Å²) in [6.07, 6.45) is 0.804. The zero-order valence-corrected chi connectivity index (χ0v) is 13.8. The van der Waals surface area contributed by atoms with E-state index < -0.39 is 0 Å². The van der Waals surface area contributed by atoms with Crippen molar-refractivity contribution in [1.82, 2.24) is 5.16 Å². The molecule has 22 heavy (non-hydrogen) atoms. The molecule has 1 saturated carbocycles. The van der Waals surface area contributed by atoms with Crippen molar-refractivity contribution in [1.29, 1.82) is 0 Å². The summed E-state index contributed by atoms with van der Waals surface area (Å²) in [7, 11) is 0. The monoisotopic (exact) mass is 338 g/mol. The Balaban J connectivity index is 1.63. The van der Waals surface area contributed by atoms with Crippen LogP contribution in [0.15, 0.2) is 28.8 Å². The van der Waals surface area contributed by atoms with Crippen molar-refractivity contribution in [2.75, 3.05) is 5.32 Å². The third-order valence-corrected chi connectivity index (χ3v) is 4.59. The second-order valence-corrected chi connectivity index (χ2v) is 6.70. The van der Waals surface area contributed by atoms with E-state index in [4.69, 9.17) is 27.7 Å². The van der Waals surface area contributed by atoms with E-state index >= 15 is 0 Å². The van der Waals surface area contributed by atoms with Gasteiger partial charge in [-0.1, -0.05) is 48.3 Å². The quantitative estimate of drug-likeness (QED) is 0.866. The molecule has 0 unspecified atom stereocenters. The fourth-order valence-electron chi connectivity index (χ4n) is 2.44. The molecule has 0 aliphatic heterocycles. The lowest BCUT2D eigenvalue weighted by Crippen LogP contribution is -2.14. The molecule has 0 spiro atoms. The maximum Gasteiger partial charge on any atom is 0.229 e. The lowest BCUT2D eigenvalue weighted by molar-refractivity contribution is -0.117. The van der Waals surface area contributed by atoms with E-state index in [1.54, 1.807) is 12.1 Å². The second kappa shape index (κ2) is 5.94. The molecule has 2 aromatic rings. The highest BCUT2D eigenvalue weighted by Gasteiger charge is 2.44. The number of halogens is 2. The second-order valence-electron chi connectivity index (χ2n) is 5.88. The van der Waals surface area contributed by atoms with E-state index in [1.165, 1.54) is 0 Å². The molecule has 1 aromatic carbocycles. The molecule has 0 saturated heterocycles. The topological polar surface area (TPSA) is 55.1 Å². The molecule has 1 aliphatic carbocycles. The van der Waals surface area contributed by atoms with Gasteiger partial charge in [0.1, 0.15) is 5.76 Å². The maximum atomic E-state index is 12.2. The Morgan fingerprint density at radius 2 is 2.09 bits per heavy atom. The van der Waals surface area contributed by atoms with Crippen molar-refractivity contribution in [3.8, 4) is 0 Å². The minimum Gasteiger partial charge on any atom is -0.359 e. The summed E-state index contributed by atoms with van der Waals surface area (Å²) in [4.78, 5) is 12.2. The molecule has 1 amide bonds. The number of hydrogen-bond donors (Lipinski definition) is 1. The van der Waals surface area contributed by atoms with Gasteiger partial charge in [-0.2, -0.15) is 0 Å². The standard InChI is InChI=1S/C16H16Cl2N2O2/c1-8(2)14-7-15(20-22-14)19-16(21)11-6-10(11)9-3-4-12(17)13(18)5-9/h3-5,7-8,10-11H,6H2,1-2H3,(H,19,20,21)/t10-,11-/m1/s1. The molecule has 3 rings (SSSR count). The number of amides is 1. The van der Waals surface area contributed by atoms with E-state index in [0.717, 1.165) is 17.7 Å². The van der Waals surface area contributed by atoms with E-state index in [2.05, 4.69) is 10.5 Å². The summed E-state index contributed by atoms with van der Waals surface area (Å²) in [5.74, 6) is 1.55. The summed E-state index contributed by atoms with van der Waals surface area (Å²) >= 11 is 11.9. The van der Waals surface area contributed by atoms with Crippen LogP contribution in [-0.2, 0) is 4.79 Å². The van der Waals surface area contributed by atoms with Gasteiger partial charge in [0.25, 0.3) is 0 Å². The molecule has 2 atom stereocenters. The molecule has 0 bridgehead atoms. The number of anilines is 1. The molecule has 4 nitrogen and oxygen atoms in total.